The van der Waals surface area contributed by atoms with Crippen molar-refractivity contribution < 1.29 is 6.22 Å². The fourth-order valence-electron chi connectivity index (χ4n) is 4.58. The van der Waals surface area contributed by atoms with Gasteiger partial charge in [0, 0.05) is 54.7 Å². The number of carbonyl (C=O) groups is 1. The Morgan fingerprint density at radius 2 is 1.92 bits per heavy atom. The molecule has 38 heavy (non-hydrogen) atoms. The van der Waals surface area contributed by atoms with Crippen molar-refractivity contribution in [3.05, 3.63) is 121 Å². The molecule has 0 aliphatic heterocycles. The summed E-state index contributed by atoms with van der Waals surface area (Å²) >= 11 is 0. The summed E-state index contributed by atoms with van der Waals surface area (Å²) in [5, 5.41) is 19.4. The lowest BCUT2D eigenvalue weighted by Crippen LogP contribution is -2.32. The highest BCUT2D eigenvalue weighted by atomic mass is 16.1. The van der Waals surface area contributed by atoms with Gasteiger partial charge < -0.3 is 10.2 Å². The van der Waals surface area contributed by atoms with Gasteiger partial charge in [-0.05, 0) is 54.7 Å². The van der Waals surface area contributed by atoms with E-state index in [1.807, 2.05) is 36.5 Å². The molecule has 2 fully saturated rings. The molecule has 3 N–H and O–H groups in total. The third kappa shape index (κ3) is 5.67. The lowest BCUT2D eigenvalue weighted by molar-refractivity contribution is 0.0965. The van der Waals surface area contributed by atoms with E-state index in [1.54, 1.807) is 35.4 Å². The van der Waals surface area contributed by atoms with Crippen LogP contribution >= 0.6 is 0 Å². The van der Waals surface area contributed by atoms with E-state index in [4.69, 9.17) is 10.8 Å². The first-order valence-corrected chi connectivity index (χ1v) is 12.7. The highest BCUT2D eigenvalue weighted by Gasteiger charge is 2.43. The van der Waals surface area contributed by atoms with Gasteiger partial charge in [-0.3, -0.25) is 25.6 Å². The molecule has 1 amide bonds. The summed E-state index contributed by atoms with van der Waals surface area (Å²) < 4.78 is 0. The fourth-order valence-corrected chi connectivity index (χ4v) is 4.58. The van der Waals surface area contributed by atoms with Gasteiger partial charge in [-0.25, -0.2) is 0 Å². The van der Waals surface area contributed by atoms with Crippen LogP contribution < -0.4 is 5.32 Å². The molecule has 7 nitrogen and oxygen atoms in total. The van der Waals surface area contributed by atoms with Gasteiger partial charge in [-0.2, -0.15) is 0 Å². The van der Waals surface area contributed by atoms with Crippen molar-refractivity contribution in [1.29, 1.82) is 10.8 Å². The van der Waals surface area contributed by atoms with Gasteiger partial charge in [-0.1, -0.05) is 55.1 Å². The second-order valence-corrected chi connectivity index (χ2v) is 9.55. The quantitative estimate of drug-likeness (QED) is 0.177. The van der Waals surface area contributed by atoms with E-state index in [0.29, 0.717) is 11.5 Å². The van der Waals surface area contributed by atoms with Crippen LogP contribution in [0.4, 0.5) is 0 Å². The van der Waals surface area contributed by atoms with Gasteiger partial charge in [0.2, 0.25) is 0 Å². The molecule has 7 heteroatoms. The predicted molar refractivity (Wildman–Crippen MR) is 152 cm³/mol. The largest absolute Gasteiger partial charge is 0.327 e. The number of amides is 1. The maximum absolute atomic E-state index is 12.8. The number of pyridine rings is 2. The number of hydrogen-bond donors (Lipinski definition) is 3. The minimum Gasteiger partial charge on any atom is -0.327 e. The van der Waals surface area contributed by atoms with Crippen LogP contribution in [0.5, 0.6) is 0 Å². The number of hydrogen-bond acceptors (Lipinski definition) is 5. The minimum atomic E-state index is -0.356. The van der Waals surface area contributed by atoms with Crippen molar-refractivity contribution in [2.45, 2.75) is 37.1 Å². The number of benzene rings is 1. The van der Waals surface area contributed by atoms with Crippen molar-refractivity contribution >= 4 is 18.1 Å². The van der Waals surface area contributed by atoms with Crippen molar-refractivity contribution in [1.82, 2.24) is 20.2 Å². The summed E-state index contributed by atoms with van der Waals surface area (Å²) in [6.07, 6.45) is 14.4. The summed E-state index contributed by atoms with van der Waals surface area (Å²) in [5.74, 6) is 0.698. The Kier molecular flexibility index (Phi) is 7.35. The molecule has 2 atom stereocenters. The number of nitrogens with zero attached hydrogens (tertiary/aromatic N) is 3. The monoisotopic (exact) mass is 504 g/mol. The molecule has 2 unspecified atom stereocenters. The molecule has 3 aromatic rings. The third-order valence-electron chi connectivity index (χ3n) is 6.90. The number of nitrogens with one attached hydrogen (secondary N) is 3. The lowest BCUT2D eigenvalue weighted by Gasteiger charge is -2.21. The first-order valence-electron chi connectivity index (χ1n) is 12.7. The first-order chi connectivity index (χ1) is 18.6. The zero-order chi connectivity index (χ0) is 26.5. The van der Waals surface area contributed by atoms with E-state index >= 15 is 0 Å². The number of allylic oxidation sites excluding steroid dienone is 2. The van der Waals surface area contributed by atoms with Crippen molar-refractivity contribution in [2.75, 3.05) is 0 Å². The normalized spacial score (nSPS) is 18.6. The summed E-state index contributed by atoms with van der Waals surface area (Å²) in [5.41, 5.74) is 4.96. The van der Waals surface area contributed by atoms with Gasteiger partial charge in [0.05, 0.1) is 6.34 Å². The molecule has 0 saturated heterocycles. The zero-order valence-electron chi connectivity index (χ0n) is 21.0. The van der Waals surface area contributed by atoms with Crippen LogP contribution in [0.1, 0.15) is 54.3 Å². The fraction of sp³-hybridized carbons (Fsp3) is 0.194. The van der Waals surface area contributed by atoms with E-state index in [1.165, 1.54) is 30.9 Å². The Labute approximate surface area is 224 Å². The van der Waals surface area contributed by atoms with Crippen LogP contribution in [0.15, 0.2) is 104 Å². The Balaban J connectivity index is 0.00000353. The van der Waals surface area contributed by atoms with Crippen molar-refractivity contribution in [3.8, 4) is 11.1 Å². The van der Waals surface area contributed by atoms with Gasteiger partial charge in [0.25, 0.3) is 5.91 Å². The zero-order valence-corrected chi connectivity index (χ0v) is 21.0. The van der Waals surface area contributed by atoms with Crippen LogP contribution in [-0.2, 0) is 0 Å². The molecule has 0 spiro atoms. The topological polar surface area (TPSA) is 106 Å². The van der Waals surface area contributed by atoms with E-state index < -0.39 is 0 Å². The average molecular weight is 505 g/mol. The molecule has 1 aromatic carbocycles. The Morgan fingerprint density at radius 3 is 2.61 bits per heavy atom. The number of carbonyl (C=O) groups excluding carboxylic acids is 1. The summed E-state index contributed by atoms with van der Waals surface area (Å²) in [6.45, 7) is 3.75. The minimum absolute atomic E-state index is 0. The summed E-state index contributed by atoms with van der Waals surface area (Å²) in [6, 6.07) is 17.9. The molecular weight excluding hydrogens is 472 g/mol. The number of amidine groups is 1. The summed E-state index contributed by atoms with van der Waals surface area (Å²) in [4.78, 5) is 23.3. The highest BCUT2D eigenvalue weighted by molar-refractivity contribution is 6.04. The first kappa shape index (κ1) is 25.0. The third-order valence-corrected chi connectivity index (χ3v) is 6.90. The van der Waals surface area contributed by atoms with Crippen LogP contribution in [0, 0.1) is 10.8 Å². The van der Waals surface area contributed by atoms with Gasteiger partial charge >= 0.3 is 0 Å². The number of aromatic nitrogens is 2. The molecular formula is C31H32N6O. The number of rotatable bonds is 10. The average Bonchev–Trinajstić information content (AvgIpc) is 3.89. The molecule has 2 saturated carbocycles. The van der Waals surface area contributed by atoms with E-state index in [0.717, 1.165) is 23.2 Å². The molecule has 2 aromatic heterocycles. The molecule has 2 aliphatic carbocycles. The molecule has 5 rings (SSSR count). The molecule has 0 bridgehead atoms. The van der Waals surface area contributed by atoms with E-state index in [9.17, 15) is 4.79 Å². The molecule has 2 aliphatic rings. The van der Waals surface area contributed by atoms with Crippen LogP contribution in [0.2, 0.25) is 0 Å². The smallest absolute Gasteiger partial charge is 0.273 e. The van der Waals surface area contributed by atoms with E-state index in [2.05, 4.69) is 40.1 Å². The van der Waals surface area contributed by atoms with Crippen LogP contribution in [-0.4, -0.2) is 39.0 Å². The van der Waals surface area contributed by atoms with Gasteiger partial charge in [-0.15, -0.1) is 0 Å². The summed E-state index contributed by atoms with van der Waals surface area (Å²) in [7, 11) is 0. The van der Waals surface area contributed by atoms with E-state index in [-0.39, 0.29) is 30.8 Å². The standard InChI is InChI=1S/C31H30N6O.H2/c1-2-6-23(30(33)37(20-32)29-18-26(29)21-7-4-3-5-8-21)13-16-35-31(38)28-17-24(14-15-34-28)25-11-12-27(36-19-25)22-9-10-22;/h2-8,11-17,19-20,22,26,29,32-33H,1,9-10,18H2,(H,35,38);1H/b16-13+,23-6+,32-20?,33-30?;. The van der Waals surface area contributed by atoms with Crippen molar-refractivity contribution in [3.63, 3.8) is 0 Å². The van der Waals surface area contributed by atoms with Gasteiger partial charge in [0.1, 0.15) is 11.5 Å². The Hall–Kier alpha value is -4.65. The van der Waals surface area contributed by atoms with Gasteiger partial charge in [0.15, 0.2) is 0 Å². The molecule has 2 heterocycles. The van der Waals surface area contributed by atoms with Crippen molar-refractivity contribution in [2.24, 2.45) is 0 Å². The molecule has 192 valence electrons. The Morgan fingerprint density at radius 1 is 1.11 bits per heavy atom. The highest BCUT2D eigenvalue weighted by Crippen LogP contribution is 2.44. The maximum Gasteiger partial charge on any atom is 0.273 e. The second kappa shape index (κ2) is 11.2. The van der Waals surface area contributed by atoms with Crippen LogP contribution in [0.3, 0.4) is 0 Å². The van der Waals surface area contributed by atoms with Crippen LogP contribution in [0.25, 0.3) is 11.1 Å². The molecule has 0 radical (unpaired) electrons. The second-order valence-electron chi connectivity index (χ2n) is 9.55. The SMILES string of the molecule is C=C/C=C(\C=C\NC(=O)c1cc(-c2ccc(C3CC3)nc2)ccn1)C(=N)N(C=N)C1CC1c1ccccc1.[HH]. The Bertz CT molecular complexity index is 1410. The predicted octanol–water partition coefficient (Wildman–Crippen LogP) is 6.07. The lowest BCUT2D eigenvalue weighted by atomic mass is 10.1. The maximum atomic E-state index is 12.8.